The van der Waals surface area contributed by atoms with E-state index in [1.807, 2.05) is 0 Å². The number of hydrazine groups is 1. The monoisotopic (exact) mass is 433 g/mol. The van der Waals surface area contributed by atoms with Gasteiger partial charge in [0.05, 0.1) is 15.5 Å². The van der Waals surface area contributed by atoms with E-state index in [2.05, 4.69) is 31.1 Å². The summed E-state index contributed by atoms with van der Waals surface area (Å²) in [6.07, 6.45) is 1.11. The van der Waals surface area contributed by atoms with E-state index in [1.54, 1.807) is 25.1 Å². The molecule has 3 N–H and O–H groups in total. The molecule has 3 rings (SSSR count). The second-order valence-corrected chi connectivity index (χ2v) is 6.51. The number of nitrogens with zero attached hydrogens (tertiary/aromatic N) is 4. The minimum atomic E-state index is -0.679. The minimum Gasteiger partial charge on any atom is -0.319 e. The SMILES string of the molecule is Cc1cccc(Nc2ncnc(NNC(=O)c3ccc(Cl)cc3Cl)c2[N+](=O)[O-])n1. The average Bonchev–Trinajstić information content (AvgIpc) is 2.66. The molecule has 0 spiro atoms. The Morgan fingerprint density at radius 2 is 1.90 bits per heavy atom. The highest BCUT2D eigenvalue weighted by Crippen LogP contribution is 2.30. The van der Waals surface area contributed by atoms with Gasteiger partial charge in [-0.15, -0.1) is 0 Å². The van der Waals surface area contributed by atoms with Gasteiger partial charge in [0.15, 0.2) is 0 Å². The predicted octanol–water partition coefficient (Wildman–Crippen LogP) is 3.90. The quantitative estimate of drug-likeness (QED) is 0.393. The van der Waals surface area contributed by atoms with E-state index in [0.717, 1.165) is 12.0 Å². The maximum atomic E-state index is 12.3. The van der Waals surface area contributed by atoms with Crippen LogP contribution in [0, 0.1) is 17.0 Å². The van der Waals surface area contributed by atoms with Gasteiger partial charge in [0, 0.05) is 10.7 Å². The molecule has 1 amide bonds. The van der Waals surface area contributed by atoms with Crippen LogP contribution >= 0.6 is 23.2 Å². The number of benzene rings is 1. The lowest BCUT2D eigenvalue weighted by atomic mass is 10.2. The van der Waals surface area contributed by atoms with Crippen molar-refractivity contribution in [2.24, 2.45) is 0 Å². The van der Waals surface area contributed by atoms with E-state index in [-0.39, 0.29) is 22.2 Å². The van der Waals surface area contributed by atoms with Crippen LogP contribution in [-0.2, 0) is 0 Å². The predicted molar refractivity (Wildman–Crippen MR) is 108 cm³/mol. The van der Waals surface area contributed by atoms with E-state index in [4.69, 9.17) is 23.2 Å². The number of rotatable bonds is 6. The Bertz CT molecular complexity index is 1090. The van der Waals surface area contributed by atoms with Crippen molar-refractivity contribution in [3.05, 3.63) is 74.1 Å². The summed E-state index contributed by atoms with van der Waals surface area (Å²) < 4.78 is 0. The Labute approximate surface area is 174 Å². The lowest BCUT2D eigenvalue weighted by molar-refractivity contribution is -0.383. The molecule has 10 nitrogen and oxygen atoms in total. The smallest absolute Gasteiger partial charge is 0.319 e. The van der Waals surface area contributed by atoms with Crippen molar-refractivity contribution < 1.29 is 9.72 Å². The van der Waals surface area contributed by atoms with Crippen molar-refractivity contribution in [3.8, 4) is 0 Å². The van der Waals surface area contributed by atoms with E-state index >= 15 is 0 Å². The van der Waals surface area contributed by atoms with Crippen molar-refractivity contribution in [2.45, 2.75) is 6.92 Å². The number of halogens is 2. The van der Waals surface area contributed by atoms with Crippen LogP contribution < -0.4 is 16.2 Å². The topological polar surface area (TPSA) is 135 Å². The third kappa shape index (κ3) is 4.86. The van der Waals surface area contributed by atoms with Gasteiger partial charge in [-0.3, -0.25) is 25.8 Å². The number of aromatic nitrogens is 3. The highest BCUT2D eigenvalue weighted by molar-refractivity contribution is 6.36. The van der Waals surface area contributed by atoms with Gasteiger partial charge >= 0.3 is 5.69 Å². The van der Waals surface area contributed by atoms with Gasteiger partial charge in [0.2, 0.25) is 11.6 Å². The molecule has 0 atom stereocenters. The molecule has 0 unspecified atom stereocenters. The molecular weight excluding hydrogens is 421 g/mol. The van der Waals surface area contributed by atoms with Crippen LogP contribution in [0.5, 0.6) is 0 Å². The van der Waals surface area contributed by atoms with Crippen LogP contribution in [-0.4, -0.2) is 25.8 Å². The molecule has 0 fully saturated rings. The molecule has 0 aliphatic heterocycles. The fourth-order valence-corrected chi connectivity index (χ4v) is 2.82. The molecule has 0 radical (unpaired) electrons. The van der Waals surface area contributed by atoms with Crippen LogP contribution in [0.25, 0.3) is 0 Å². The number of carbonyl (C=O) groups is 1. The maximum Gasteiger partial charge on any atom is 0.355 e. The first-order chi connectivity index (χ1) is 13.8. The van der Waals surface area contributed by atoms with Crippen LogP contribution in [0.3, 0.4) is 0 Å². The molecular formula is C17H13Cl2N7O3. The summed E-state index contributed by atoms with van der Waals surface area (Å²) in [6, 6.07) is 9.48. The van der Waals surface area contributed by atoms with E-state index in [0.29, 0.717) is 10.8 Å². The fraction of sp³-hybridized carbons (Fsp3) is 0.0588. The number of anilines is 3. The standard InChI is InChI=1S/C17H13Cl2N7O3/c1-9-3-2-4-13(22-9)23-15-14(26(28)29)16(21-8-20-15)24-25-17(27)11-6-5-10(18)7-12(11)19/h2-8H,1H3,(H,25,27)(H2,20,21,22,23,24). The van der Waals surface area contributed by atoms with Crippen LogP contribution in [0.2, 0.25) is 10.0 Å². The van der Waals surface area contributed by atoms with E-state index in [1.165, 1.54) is 18.2 Å². The Kier molecular flexibility index (Phi) is 6.05. The van der Waals surface area contributed by atoms with Crippen LogP contribution in [0.1, 0.15) is 16.1 Å². The molecule has 29 heavy (non-hydrogen) atoms. The summed E-state index contributed by atoms with van der Waals surface area (Å²) in [5, 5.41) is 14.9. The Hall–Kier alpha value is -3.50. The number of hydrogen-bond acceptors (Lipinski definition) is 8. The van der Waals surface area contributed by atoms with Gasteiger partial charge in [-0.1, -0.05) is 29.3 Å². The van der Waals surface area contributed by atoms with Crippen molar-refractivity contribution in [2.75, 3.05) is 10.7 Å². The third-order valence-electron chi connectivity index (χ3n) is 3.61. The number of carbonyl (C=O) groups excluding carboxylic acids is 1. The molecule has 2 heterocycles. The van der Waals surface area contributed by atoms with Crippen molar-refractivity contribution in [1.82, 2.24) is 20.4 Å². The number of hydrogen-bond donors (Lipinski definition) is 3. The number of aryl methyl sites for hydroxylation is 1. The summed E-state index contributed by atoms with van der Waals surface area (Å²) in [7, 11) is 0. The highest BCUT2D eigenvalue weighted by Gasteiger charge is 2.24. The summed E-state index contributed by atoms with van der Waals surface area (Å²) in [4.78, 5) is 35.2. The molecule has 12 heteroatoms. The summed E-state index contributed by atoms with van der Waals surface area (Å²) in [6.45, 7) is 1.78. The molecule has 0 aliphatic rings. The van der Waals surface area contributed by atoms with E-state index < -0.39 is 16.5 Å². The number of pyridine rings is 1. The lowest BCUT2D eigenvalue weighted by Gasteiger charge is -2.11. The van der Waals surface area contributed by atoms with Gasteiger partial charge in [0.25, 0.3) is 5.91 Å². The minimum absolute atomic E-state index is 0.0932. The molecule has 0 saturated heterocycles. The molecule has 2 aromatic heterocycles. The zero-order chi connectivity index (χ0) is 21.0. The maximum absolute atomic E-state index is 12.3. The average molecular weight is 434 g/mol. The van der Waals surface area contributed by atoms with Gasteiger partial charge in [0.1, 0.15) is 12.1 Å². The zero-order valence-electron chi connectivity index (χ0n) is 14.8. The second kappa shape index (κ2) is 8.67. The third-order valence-corrected chi connectivity index (χ3v) is 4.16. The van der Waals surface area contributed by atoms with Crippen molar-refractivity contribution in [3.63, 3.8) is 0 Å². The number of nitro groups is 1. The summed E-state index contributed by atoms with van der Waals surface area (Å²) in [5.74, 6) is -0.577. The van der Waals surface area contributed by atoms with E-state index in [9.17, 15) is 14.9 Å². The molecule has 148 valence electrons. The molecule has 3 aromatic rings. The Balaban J connectivity index is 1.83. The van der Waals surface area contributed by atoms with Crippen molar-refractivity contribution >= 4 is 52.3 Å². The van der Waals surface area contributed by atoms with Crippen LogP contribution in [0.4, 0.5) is 23.1 Å². The van der Waals surface area contributed by atoms with Crippen LogP contribution in [0.15, 0.2) is 42.7 Å². The Morgan fingerprint density at radius 1 is 1.14 bits per heavy atom. The number of amides is 1. The highest BCUT2D eigenvalue weighted by atomic mass is 35.5. The Morgan fingerprint density at radius 3 is 2.59 bits per heavy atom. The second-order valence-electron chi connectivity index (χ2n) is 5.67. The van der Waals surface area contributed by atoms with Gasteiger partial charge in [-0.05, 0) is 37.3 Å². The molecule has 0 bridgehead atoms. The zero-order valence-corrected chi connectivity index (χ0v) is 16.3. The first kappa shape index (κ1) is 20.2. The lowest BCUT2D eigenvalue weighted by Crippen LogP contribution is -2.30. The first-order valence-corrected chi connectivity index (χ1v) is 8.82. The van der Waals surface area contributed by atoms with Crippen molar-refractivity contribution in [1.29, 1.82) is 0 Å². The molecule has 0 saturated carbocycles. The largest absolute Gasteiger partial charge is 0.355 e. The normalized spacial score (nSPS) is 10.3. The first-order valence-electron chi connectivity index (χ1n) is 8.06. The summed E-state index contributed by atoms with van der Waals surface area (Å²) in [5.41, 5.74) is 5.12. The number of nitrogens with one attached hydrogen (secondary N) is 3. The molecule has 0 aliphatic carbocycles. The molecule has 1 aromatic carbocycles. The van der Waals surface area contributed by atoms with Gasteiger partial charge in [-0.2, -0.15) is 0 Å². The van der Waals surface area contributed by atoms with Gasteiger partial charge in [-0.25, -0.2) is 15.0 Å². The fourth-order valence-electron chi connectivity index (χ4n) is 2.33. The van der Waals surface area contributed by atoms with Gasteiger partial charge < -0.3 is 5.32 Å². The summed E-state index contributed by atoms with van der Waals surface area (Å²) >= 11 is 11.8.